The van der Waals surface area contributed by atoms with Crippen molar-refractivity contribution in [3.63, 3.8) is 0 Å². The number of hydrogen-bond acceptors (Lipinski definition) is 3. The molecule has 1 N–H and O–H groups in total. The normalized spacial score (nSPS) is 17.1. The van der Waals surface area contributed by atoms with Crippen LogP contribution in [0.4, 0.5) is 0 Å². The fourth-order valence-electron chi connectivity index (χ4n) is 1.93. The van der Waals surface area contributed by atoms with Crippen LogP contribution in [0.15, 0.2) is 18.3 Å². The van der Waals surface area contributed by atoms with Gasteiger partial charge >= 0.3 is 0 Å². The molecule has 1 heterocycles. The zero-order valence-corrected chi connectivity index (χ0v) is 11.8. The minimum Gasteiger partial charge on any atom is -0.310 e. The molecule has 0 bridgehead atoms. The Morgan fingerprint density at radius 2 is 2.22 bits per heavy atom. The predicted molar refractivity (Wildman–Crippen MR) is 75.3 cm³/mol. The molecule has 0 spiro atoms. The van der Waals surface area contributed by atoms with E-state index in [1.807, 2.05) is 6.20 Å². The highest BCUT2D eigenvalue weighted by Crippen LogP contribution is 2.19. The van der Waals surface area contributed by atoms with Gasteiger partial charge in [0, 0.05) is 31.4 Å². The van der Waals surface area contributed by atoms with Crippen LogP contribution in [0, 0.1) is 0 Å². The zero-order valence-electron chi connectivity index (χ0n) is 11.8. The summed E-state index contributed by atoms with van der Waals surface area (Å²) < 4.78 is 0. The number of nitrogens with one attached hydrogen (secondary N) is 1. The fraction of sp³-hybridized carbons (Fsp3) is 0.667. The van der Waals surface area contributed by atoms with Gasteiger partial charge < -0.3 is 5.32 Å². The molecule has 1 aromatic heterocycles. The summed E-state index contributed by atoms with van der Waals surface area (Å²) in [6.07, 6.45) is 5.87. The molecule has 0 radical (unpaired) electrons. The van der Waals surface area contributed by atoms with E-state index in [0.717, 1.165) is 24.8 Å². The molecule has 0 aromatic carbocycles. The molecule has 1 unspecified atom stereocenters. The standard InChI is InChI=1S/C15H25N3/c1-4-12(2)18(3)11-15-6-5-13(10-17-15)9-16-14-7-8-14/h5-6,10,12,14,16H,4,7-9,11H2,1-3H3. The van der Waals surface area contributed by atoms with Crippen LogP contribution >= 0.6 is 0 Å². The van der Waals surface area contributed by atoms with Crippen LogP contribution in [-0.2, 0) is 13.1 Å². The molecule has 100 valence electrons. The maximum Gasteiger partial charge on any atom is 0.0544 e. The SMILES string of the molecule is CCC(C)N(C)Cc1ccc(CNC2CC2)cn1. The van der Waals surface area contributed by atoms with Crippen molar-refractivity contribution in [1.29, 1.82) is 0 Å². The Hall–Kier alpha value is -0.930. The largest absolute Gasteiger partial charge is 0.310 e. The Balaban J connectivity index is 1.82. The van der Waals surface area contributed by atoms with Crippen molar-refractivity contribution in [3.8, 4) is 0 Å². The molecule has 0 amide bonds. The number of aromatic nitrogens is 1. The van der Waals surface area contributed by atoms with Gasteiger partial charge in [-0.05, 0) is 44.9 Å². The third kappa shape index (κ3) is 4.07. The van der Waals surface area contributed by atoms with Crippen LogP contribution in [0.3, 0.4) is 0 Å². The highest BCUT2D eigenvalue weighted by Gasteiger charge is 2.19. The molecule has 18 heavy (non-hydrogen) atoms. The van der Waals surface area contributed by atoms with Gasteiger partial charge in [0.25, 0.3) is 0 Å². The topological polar surface area (TPSA) is 28.2 Å². The van der Waals surface area contributed by atoms with Gasteiger partial charge in [0.1, 0.15) is 0 Å². The average Bonchev–Trinajstić information content (AvgIpc) is 3.21. The van der Waals surface area contributed by atoms with Crippen LogP contribution in [0.2, 0.25) is 0 Å². The lowest BCUT2D eigenvalue weighted by Gasteiger charge is -2.22. The van der Waals surface area contributed by atoms with Crippen LogP contribution < -0.4 is 5.32 Å². The molecule has 1 aliphatic carbocycles. The summed E-state index contributed by atoms with van der Waals surface area (Å²) in [6.45, 7) is 6.37. The van der Waals surface area contributed by atoms with E-state index in [1.54, 1.807) is 0 Å². The van der Waals surface area contributed by atoms with Gasteiger partial charge in [0.05, 0.1) is 5.69 Å². The first kappa shape index (κ1) is 13.5. The van der Waals surface area contributed by atoms with E-state index in [-0.39, 0.29) is 0 Å². The predicted octanol–water partition coefficient (Wildman–Crippen LogP) is 2.56. The third-order valence-electron chi connectivity index (χ3n) is 3.81. The Kier molecular flexibility index (Phi) is 4.72. The molecular formula is C15H25N3. The lowest BCUT2D eigenvalue weighted by Crippen LogP contribution is -2.28. The van der Waals surface area contributed by atoms with Crippen molar-refractivity contribution in [2.24, 2.45) is 0 Å². The van der Waals surface area contributed by atoms with Gasteiger partial charge in [-0.1, -0.05) is 13.0 Å². The first-order valence-corrected chi connectivity index (χ1v) is 7.06. The summed E-state index contributed by atoms with van der Waals surface area (Å²) in [7, 11) is 2.17. The van der Waals surface area contributed by atoms with Crippen LogP contribution in [0.5, 0.6) is 0 Å². The van der Waals surface area contributed by atoms with Crippen molar-refractivity contribution < 1.29 is 0 Å². The van der Waals surface area contributed by atoms with E-state index in [4.69, 9.17) is 0 Å². The number of hydrogen-bond donors (Lipinski definition) is 1. The Labute approximate surface area is 111 Å². The molecule has 0 aliphatic heterocycles. The average molecular weight is 247 g/mol. The summed E-state index contributed by atoms with van der Waals surface area (Å²) in [5.74, 6) is 0. The molecule has 1 fully saturated rings. The minimum absolute atomic E-state index is 0.614. The maximum absolute atomic E-state index is 4.55. The lowest BCUT2D eigenvalue weighted by atomic mass is 10.2. The first-order chi connectivity index (χ1) is 8.69. The highest BCUT2D eigenvalue weighted by molar-refractivity contribution is 5.14. The van der Waals surface area contributed by atoms with E-state index >= 15 is 0 Å². The van der Waals surface area contributed by atoms with Gasteiger partial charge in [0.15, 0.2) is 0 Å². The van der Waals surface area contributed by atoms with Crippen molar-refractivity contribution in [3.05, 3.63) is 29.6 Å². The summed E-state index contributed by atoms with van der Waals surface area (Å²) >= 11 is 0. The maximum atomic E-state index is 4.55. The third-order valence-corrected chi connectivity index (χ3v) is 3.81. The molecule has 3 nitrogen and oxygen atoms in total. The number of rotatable bonds is 7. The number of pyridine rings is 1. The van der Waals surface area contributed by atoms with E-state index in [2.05, 4.69) is 48.2 Å². The summed E-state index contributed by atoms with van der Waals surface area (Å²) in [4.78, 5) is 6.90. The highest BCUT2D eigenvalue weighted by atomic mass is 15.1. The van der Waals surface area contributed by atoms with Gasteiger partial charge in [-0.25, -0.2) is 0 Å². The van der Waals surface area contributed by atoms with Gasteiger partial charge in [-0.3, -0.25) is 9.88 Å². The van der Waals surface area contributed by atoms with Gasteiger partial charge in [0.2, 0.25) is 0 Å². The van der Waals surface area contributed by atoms with E-state index in [0.29, 0.717) is 6.04 Å². The van der Waals surface area contributed by atoms with Crippen molar-refractivity contribution in [2.75, 3.05) is 7.05 Å². The van der Waals surface area contributed by atoms with E-state index in [1.165, 1.54) is 24.8 Å². The van der Waals surface area contributed by atoms with Crippen molar-refractivity contribution in [2.45, 2.75) is 58.3 Å². The van der Waals surface area contributed by atoms with Crippen molar-refractivity contribution in [1.82, 2.24) is 15.2 Å². The second-order valence-corrected chi connectivity index (χ2v) is 5.49. The minimum atomic E-state index is 0.614. The fourth-order valence-corrected chi connectivity index (χ4v) is 1.93. The molecular weight excluding hydrogens is 222 g/mol. The summed E-state index contributed by atoms with van der Waals surface area (Å²) in [6, 6.07) is 5.73. The molecule has 3 heteroatoms. The smallest absolute Gasteiger partial charge is 0.0544 e. The zero-order chi connectivity index (χ0) is 13.0. The lowest BCUT2D eigenvalue weighted by molar-refractivity contribution is 0.241. The van der Waals surface area contributed by atoms with Crippen LogP contribution in [-0.4, -0.2) is 29.0 Å². The molecule has 2 rings (SSSR count). The Morgan fingerprint density at radius 3 is 2.78 bits per heavy atom. The monoisotopic (exact) mass is 247 g/mol. The Morgan fingerprint density at radius 1 is 1.44 bits per heavy atom. The van der Waals surface area contributed by atoms with Crippen molar-refractivity contribution >= 4 is 0 Å². The second-order valence-electron chi connectivity index (χ2n) is 5.49. The molecule has 1 aromatic rings. The van der Waals surface area contributed by atoms with Crippen LogP contribution in [0.25, 0.3) is 0 Å². The summed E-state index contributed by atoms with van der Waals surface area (Å²) in [5.41, 5.74) is 2.45. The first-order valence-electron chi connectivity index (χ1n) is 7.06. The Bertz CT molecular complexity index is 357. The number of nitrogens with zero attached hydrogens (tertiary/aromatic N) is 2. The molecule has 1 atom stereocenters. The second kappa shape index (κ2) is 6.30. The molecule has 1 saturated carbocycles. The molecule has 1 aliphatic rings. The van der Waals surface area contributed by atoms with E-state index in [9.17, 15) is 0 Å². The van der Waals surface area contributed by atoms with Gasteiger partial charge in [-0.2, -0.15) is 0 Å². The van der Waals surface area contributed by atoms with Gasteiger partial charge in [-0.15, -0.1) is 0 Å². The van der Waals surface area contributed by atoms with Crippen LogP contribution in [0.1, 0.15) is 44.4 Å². The summed E-state index contributed by atoms with van der Waals surface area (Å²) in [5, 5.41) is 3.51. The molecule has 0 saturated heterocycles. The van der Waals surface area contributed by atoms with E-state index < -0.39 is 0 Å². The quantitative estimate of drug-likeness (QED) is 0.802.